The van der Waals surface area contributed by atoms with Gasteiger partial charge in [0.05, 0.1) is 18.8 Å². The van der Waals surface area contributed by atoms with Gasteiger partial charge in [-0.25, -0.2) is 0 Å². The molecule has 1 aliphatic heterocycles. The summed E-state index contributed by atoms with van der Waals surface area (Å²) in [6.45, 7) is 4.92. The third-order valence-corrected chi connectivity index (χ3v) is 4.90. The Kier molecular flexibility index (Phi) is 6.29. The van der Waals surface area contributed by atoms with Crippen molar-refractivity contribution in [3.63, 3.8) is 0 Å². The molecule has 1 amide bonds. The van der Waals surface area contributed by atoms with Crippen molar-refractivity contribution in [1.82, 2.24) is 20.1 Å². The summed E-state index contributed by atoms with van der Waals surface area (Å²) >= 11 is 5.92. The average molecular weight is 386 g/mol. The first kappa shape index (κ1) is 19.2. The number of amides is 1. The fraction of sp³-hybridized carbons (Fsp3) is 0.350. The number of piperazine rings is 1. The number of carbonyl (C=O) groups excluding carboxylic acids is 1. The topological polar surface area (TPSA) is 60.8 Å². The zero-order valence-corrected chi connectivity index (χ0v) is 16.4. The van der Waals surface area contributed by atoms with Crippen LogP contribution in [-0.4, -0.2) is 53.3 Å². The van der Waals surface area contributed by atoms with E-state index >= 15 is 0 Å². The lowest BCUT2D eigenvalue weighted by molar-refractivity contribution is -0.135. The Morgan fingerprint density at radius 1 is 1.26 bits per heavy atom. The van der Waals surface area contributed by atoms with Gasteiger partial charge in [0.15, 0.2) is 5.96 Å². The van der Waals surface area contributed by atoms with Crippen LogP contribution in [0.15, 0.2) is 47.6 Å². The number of aryl methyl sites for hydroxylation is 1. The van der Waals surface area contributed by atoms with E-state index in [0.29, 0.717) is 31.2 Å². The van der Waals surface area contributed by atoms with E-state index in [1.165, 1.54) is 0 Å². The van der Waals surface area contributed by atoms with Gasteiger partial charge in [0.2, 0.25) is 5.91 Å². The maximum atomic E-state index is 12.6. The highest BCUT2D eigenvalue weighted by atomic mass is 35.5. The molecule has 3 rings (SSSR count). The Labute approximate surface area is 164 Å². The van der Waals surface area contributed by atoms with Gasteiger partial charge >= 0.3 is 0 Å². The summed E-state index contributed by atoms with van der Waals surface area (Å²) < 4.78 is 0. The molecule has 7 heteroatoms. The van der Waals surface area contributed by atoms with Crippen LogP contribution in [-0.2, 0) is 17.9 Å². The number of hydrogen-bond acceptors (Lipinski definition) is 3. The van der Waals surface area contributed by atoms with Gasteiger partial charge in [0.25, 0.3) is 0 Å². The van der Waals surface area contributed by atoms with E-state index in [4.69, 9.17) is 11.6 Å². The van der Waals surface area contributed by atoms with E-state index < -0.39 is 0 Å². The first-order chi connectivity index (χ1) is 13.1. The molecule has 6 nitrogen and oxygen atoms in total. The maximum Gasteiger partial charge on any atom is 0.242 e. The standard InChI is InChI=1S/C20H24ClN5O/c1-15-4-3-9-23-18(15)12-24-20(22-2)26-11-10-25(19(27)14-26)13-16-5-7-17(21)8-6-16/h3-9H,10-14H2,1-2H3,(H,22,24). The number of benzene rings is 1. The lowest BCUT2D eigenvalue weighted by Crippen LogP contribution is -2.54. The number of carbonyl (C=O) groups is 1. The predicted octanol–water partition coefficient (Wildman–Crippen LogP) is 2.46. The second-order valence-corrected chi connectivity index (χ2v) is 6.97. The van der Waals surface area contributed by atoms with E-state index in [2.05, 4.69) is 15.3 Å². The SMILES string of the molecule is CN=C(NCc1ncccc1C)N1CCN(Cc2ccc(Cl)cc2)C(=O)C1. The van der Waals surface area contributed by atoms with Crippen molar-refractivity contribution in [1.29, 1.82) is 0 Å². The molecule has 2 heterocycles. The van der Waals surface area contributed by atoms with Crippen LogP contribution in [0, 0.1) is 6.92 Å². The fourth-order valence-corrected chi connectivity index (χ4v) is 3.19. The summed E-state index contributed by atoms with van der Waals surface area (Å²) in [5.74, 6) is 0.813. The zero-order chi connectivity index (χ0) is 19.2. The normalized spacial score (nSPS) is 15.2. The van der Waals surface area contributed by atoms with Crippen LogP contribution in [0.2, 0.25) is 5.02 Å². The van der Waals surface area contributed by atoms with Crippen molar-refractivity contribution in [2.75, 3.05) is 26.7 Å². The van der Waals surface area contributed by atoms with Crippen molar-refractivity contribution >= 4 is 23.5 Å². The minimum atomic E-state index is 0.0909. The molecule has 0 spiro atoms. The molecule has 0 atom stereocenters. The number of nitrogens with one attached hydrogen (secondary N) is 1. The molecule has 1 aromatic heterocycles. The second-order valence-electron chi connectivity index (χ2n) is 6.53. The van der Waals surface area contributed by atoms with Crippen LogP contribution < -0.4 is 5.32 Å². The number of pyridine rings is 1. The highest BCUT2D eigenvalue weighted by Crippen LogP contribution is 2.14. The molecule has 0 aliphatic carbocycles. The van der Waals surface area contributed by atoms with E-state index in [0.717, 1.165) is 29.3 Å². The van der Waals surface area contributed by atoms with Crippen LogP contribution in [0.25, 0.3) is 0 Å². The third-order valence-electron chi connectivity index (χ3n) is 4.65. The molecule has 0 unspecified atom stereocenters. The first-order valence-electron chi connectivity index (χ1n) is 8.95. The number of guanidine groups is 1. The highest BCUT2D eigenvalue weighted by Gasteiger charge is 2.26. The van der Waals surface area contributed by atoms with Gasteiger partial charge in [-0.2, -0.15) is 0 Å². The van der Waals surface area contributed by atoms with Crippen LogP contribution in [0.5, 0.6) is 0 Å². The Morgan fingerprint density at radius 3 is 2.70 bits per heavy atom. The van der Waals surface area contributed by atoms with E-state index in [9.17, 15) is 4.79 Å². The third kappa shape index (κ3) is 4.98. The molecule has 0 saturated carbocycles. The number of aliphatic imine (C=N–C) groups is 1. The molecule has 142 valence electrons. The Balaban J connectivity index is 1.56. The van der Waals surface area contributed by atoms with Crippen molar-refractivity contribution < 1.29 is 4.79 Å². The summed E-state index contributed by atoms with van der Waals surface area (Å²) in [4.78, 5) is 25.2. The molecule has 1 aromatic carbocycles. The van der Waals surface area contributed by atoms with Crippen molar-refractivity contribution in [3.05, 3.63) is 64.4 Å². The molecule has 0 radical (unpaired) electrons. The van der Waals surface area contributed by atoms with Gasteiger partial charge < -0.3 is 15.1 Å². The molecule has 27 heavy (non-hydrogen) atoms. The van der Waals surface area contributed by atoms with Crippen molar-refractivity contribution in [2.45, 2.75) is 20.0 Å². The van der Waals surface area contributed by atoms with Gasteiger partial charge in [-0.05, 0) is 36.2 Å². The van der Waals surface area contributed by atoms with Crippen molar-refractivity contribution in [3.8, 4) is 0 Å². The quantitative estimate of drug-likeness (QED) is 0.648. The molecule has 2 aromatic rings. The van der Waals surface area contributed by atoms with Gasteiger partial charge in [0, 0.05) is 37.9 Å². The zero-order valence-electron chi connectivity index (χ0n) is 15.7. The molecular weight excluding hydrogens is 362 g/mol. The summed E-state index contributed by atoms with van der Waals surface area (Å²) in [6, 6.07) is 11.6. The minimum Gasteiger partial charge on any atom is -0.351 e. The largest absolute Gasteiger partial charge is 0.351 e. The number of aromatic nitrogens is 1. The van der Waals surface area contributed by atoms with E-state index in [1.807, 2.05) is 53.1 Å². The first-order valence-corrected chi connectivity index (χ1v) is 9.33. The molecule has 1 saturated heterocycles. The van der Waals surface area contributed by atoms with E-state index in [-0.39, 0.29) is 5.91 Å². The summed E-state index contributed by atoms with van der Waals surface area (Å²) in [6.07, 6.45) is 1.78. The molecule has 1 aliphatic rings. The second kappa shape index (κ2) is 8.86. The van der Waals surface area contributed by atoms with Crippen LogP contribution in [0.3, 0.4) is 0 Å². The lowest BCUT2D eigenvalue weighted by atomic mass is 10.2. The number of rotatable bonds is 4. The summed E-state index contributed by atoms with van der Waals surface area (Å²) in [5, 5.41) is 4.02. The molecule has 1 N–H and O–H groups in total. The van der Waals surface area contributed by atoms with Gasteiger partial charge in [-0.1, -0.05) is 29.8 Å². The van der Waals surface area contributed by atoms with Crippen molar-refractivity contribution in [2.24, 2.45) is 4.99 Å². The number of hydrogen-bond donors (Lipinski definition) is 1. The minimum absolute atomic E-state index is 0.0909. The van der Waals surface area contributed by atoms with Gasteiger partial charge in [-0.3, -0.25) is 14.8 Å². The van der Waals surface area contributed by atoms with Crippen LogP contribution >= 0.6 is 11.6 Å². The number of nitrogens with zero attached hydrogens (tertiary/aromatic N) is 4. The average Bonchev–Trinajstić information content (AvgIpc) is 2.67. The summed E-state index contributed by atoms with van der Waals surface area (Å²) in [7, 11) is 1.73. The fourth-order valence-electron chi connectivity index (χ4n) is 3.07. The van der Waals surface area contributed by atoms with Gasteiger partial charge in [-0.15, -0.1) is 0 Å². The predicted molar refractivity (Wildman–Crippen MR) is 108 cm³/mol. The molecule has 1 fully saturated rings. The van der Waals surface area contributed by atoms with Crippen LogP contribution in [0.1, 0.15) is 16.8 Å². The smallest absolute Gasteiger partial charge is 0.242 e. The lowest BCUT2D eigenvalue weighted by Gasteiger charge is -2.36. The monoisotopic (exact) mass is 385 g/mol. The number of halogens is 1. The Morgan fingerprint density at radius 2 is 2.04 bits per heavy atom. The van der Waals surface area contributed by atoms with E-state index in [1.54, 1.807) is 13.2 Å². The highest BCUT2D eigenvalue weighted by molar-refractivity contribution is 6.30. The molecular formula is C20H24ClN5O. The Hall–Kier alpha value is -2.60. The summed E-state index contributed by atoms with van der Waals surface area (Å²) in [5.41, 5.74) is 3.19. The molecule has 0 bridgehead atoms. The Bertz CT molecular complexity index is 821. The van der Waals surface area contributed by atoms with Crippen LogP contribution in [0.4, 0.5) is 0 Å². The maximum absolute atomic E-state index is 12.6. The van der Waals surface area contributed by atoms with Gasteiger partial charge in [0.1, 0.15) is 0 Å².